The Kier molecular flexibility index (Phi) is 4.70. The number of rotatable bonds is 4. The highest BCUT2D eigenvalue weighted by Gasteiger charge is 2.38. The summed E-state index contributed by atoms with van der Waals surface area (Å²) in [6.45, 7) is 1.78. The van der Waals surface area contributed by atoms with Crippen molar-refractivity contribution in [1.29, 1.82) is 0 Å². The van der Waals surface area contributed by atoms with Crippen LogP contribution in [0.2, 0.25) is 5.02 Å². The number of amides is 2. The number of hydrogen-bond donors (Lipinski definition) is 2. The number of anilines is 1. The fraction of sp³-hybridized carbons (Fsp3) is 0.111. The van der Waals surface area contributed by atoms with Crippen molar-refractivity contribution in [3.63, 3.8) is 0 Å². The number of hydrogen-bond acceptors (Lipinski definition) is 4. The Labute approximate surface area is 154 Å². The molecule has 1 aliphatic rings. The van der Waals surface area contributed by atoms with Gasteiger partial charge < -0.3 is 10.4 Å². The summed E-state index contributed by atoms with van der Waals surface area (Å²) in [7, 11) is 0. The van der Waals surface area contributed by atoms with Crippen molar-refractivity contribution >= 4 is 40.7 Å². The van der Waals surface area contributed by atoms with E-state index in [-0.39, 0.29) is 23.0 Å². The minimum atomic E-state index is -0.592. The van der Waals surface area contributed by atoms with Crippen LogP contribution < -0.4 is 5.32 Å². The number of nitrogens with zero attached hydrogens (tertiary/aromatic N) is 1. The molecule has 0 radical (unpaired) electrons. The Morgan fingerprint density at radius 1 is 1.08 bits per heavy atom. The van der Waals surface area contributed by atoms with Crippen molar-refractivity contribution in [2.24, 2.45) is 0 Å². The lowest BCUT2D eigenvalue weighted by Crippen LogP contribution is -2.31. The normalized spacial score (nSPS) is 14.4. The molecule has 0 fully saturated rings. The van der Waals surface area contributed by atoms with Crippen molar-refractivity contribution < 1.29 is 14.7 Å². The first kappa shape index (κ1) is 17.3. The zero-order chi connectivity index (χ0) is 18.1. The fourth-order valence-electron chi connectivity index (χ4n) is 2.43. The molecule has 2 amide bonds. The highest BCUT2D eigenvalue weighted by atomic mass is 35.5. The van der Waals surface area contributed by atoms with Crippen LogP contribution in [0.4, 0.5) is 5.69 Å². The molecule has 0 unspecified atom stereocenters. The summed E-state index contributed by atoms with van der Waals surface area (Å²) >= 11 is 12.1. The highest BCUT2D eigenvalue weighted by Crippen LogP contribution is 2.29. The maximum Gasteiger partial charge on any atom is 0.279 e. The Balaban J connectivity index is 1.84. The zero-order valence-electron chi connectivity index (χ0n) is 13.2. The lowest BCUT2D eigenvalue weighted by molar-refractivity contribution is -0.138. The molecule has 2 aromatic carbocycles. The number of carbonyl (C=O) groups is 2. The van der Waals surface area contributed by atoms with E-state index in [4.69, 9.17) is 23.2 Å². The Morgan fingerprint density at radius 2 is 1.80 bits per heavy atom. The second-order valence-electron chi connectivity index (χ2n) is 5.60. The summed E-state index contributed by atoms with van der Waals surface area (Å²) in [6, 6.07) is 11.8. The first-order chi connectivity index (χ1) is 11.9. The summed E-state index contributed by atoms with van der Waals surface area (Å²) in [6.07, 6.45) is 0. The van der Waals surface area contributed by atoms with E-state index in [1.807, 2.05) is 0 Å². The molecular weight excluding hydrogens is 363 g/mol. The number of nitrogens with one attached hydrogen (secondary N) is 1. The van der Waals surface area contributed by atoms with E-state index in [9.17, 15) is 14.7 Å². The average molecular weight is 377 g/mol. The maximum absolute atomic E-state index is 12.6. The minimum Gasteiger partial charge on any atom is -0.508 e. The molecule has 3 rings (SSSR count). The first-order valence-corrected chi connectivity index (χ1v) is 8.20. The standard InChI is InChI=1S/C18H14Cl2N2O3/c1-10-6-7-12(8-14(10)23)21-16-15(20)17(24)22(18(16)25)9-11-4-2-3-5-13(11)19/h2-8,21,23H,9H2,1H3. The third-order valence-electron chi connectivity index (χ3n) is 3.88. The fourth-order valence-corrected chi connectivity index (χ4v) is 2.85. The van der Waals surface area contributed by atoms with E-state index in [0.717, 1.165) is 4.90 Å². The van der Waals surface area contributed by atoms with Crippen LogP contribution in [0.3, 0.4) is 0 Å². The molecule has 0 aliphatic carbocycles. The van der Waals surface area contributed by atoms with Gasteiger partial charge >= 0.3 is 0 Å². The van der Waals surface area contributed by atoms with Gasteiger partial charge in [0.25, 0.3) is 11.8 Å². The number of carbonyl (C=O) groups excluding carboxylic acids is 2. The maximum atomic E-state index is 12.6. The third-order valence-corrected chi connectivity index (χ3v) is 4.60. The lowest BCUT2D eigenvalue weighted by Gasteiger charge is -2.16. The topological polar surface area (TPSA) is 69.6 Å². The molecule has 0 aromatic heterocycles. The van der Waals surface area contributed by atoms with E-state index in [1.54, 1.807) is 43.3 Å². The summed E-state index contributed by atoms with van der Waals surface area (Å²) < 4.78 is 0. The predicted molar refractivity (Wildman–Crippen MR) is 96.4 cm³/mol. The van der Waals surface area contributed by atoms with Crippen molar-refractivity contribution in [3.05, 3.63) is 69.3 Å². The highest BCUT2D eigenvalue weighted by molar-refractivity contribution is 6.48. The number of aryl methyl sites for hydroxylation is 1. The van der Waals surface area contributed by atoms with Gasteiger partial charge in [0.1, 0.15) is 16.5 Å². The van der Waals surface area contributed by atoms with Gasteiger partial charge in [-0.25, -0.2) is 0 Å². The van der Waals surface area contributed by atoms with Crippen LogP contribution in [0.1, 0.15) is 11.1 Å². The molecule has 7 heteroatoms. The Morgan fingerprint density at radius 3 is 2.48 bits per heavy atom. The summed E-state index contributed by atoms with van der Waals surface area (Å²) in [4.78, 5) is 26.0. The van der Waals surface area contributed by atoms with Gasteiger partial charge in [0.05, 0.1) is 6.54 Å². The minimum absolute atomic E-state index is 0.0257. The van der Waals surface area contributed by atoms with E-state index in [2.05, 4.69) is 5.32 Å². The molecule has 25 heavy (non-hydrogen) atoms. The van der Waals surface area contributed by atoms with Crippen LogP contribution in [0.25, 0.3) is 0 Å². The average Bonchev–Trinajstić information content (AvgIpc) is 2.78. The largest absolute Gasteiger partial charge is 0.508 e. The quantitative estimate of drug-likeness (QED) is 0.796. The van der Waals surface area contributed by atoms with Gasteiger partial charge in [0, 0.05) is 16.8 Å². The molecule has 2 N–H and O–H groups in total. The van der Waals surface area contributed by atoms with Gasteiger partial charge in [-0.15, -0.1) is 0 Å². The first-order valence-electron chi connectivity index (χ1n) is 7.44. The summed E-state index contributed by atoms with van der Waals surface area (Å²) in [5, 5.41) is 12.8. The number of phenolic OH excluding ortho intramolecular Hbond substituents is 1. The second-order valence-corrected chi connectivity index (χ2v) is 6.39. The number of phenols is 1. The van der Waals surface area contributed by atoms with Gasteiger partial charge in [0.2, 0.25) is 0 Å². The van der Waals surface area contributed by atoms with Crippen LogP contribution in [0, 0.1) is 6.92 Å². The van der Waals surface area contributed by atoms with Crippen LogP contribution >= 0.6 is 23.2 Å². The van der Waals surface area contributed by atoms with E-state index < -0.39 is 11.8 Å². The molecular formula is C18H14Cl2N2O3. The number of halogens is 2. The van der Waals surface area contributed by atoms with Gasteiger partial charge in [0.15, 0.2) is 0 Å². The molecule has 0 saturated carbocycles. The van der Waals surface area contributed by atoms with E-state index >= 15 is 0 Å². The van der Waals surface area contributed by atoms with Gasteiger partial charge in [-0.1, -0.05) is 47.5 Å². The van der Waals surface area contributed by atoms with Crippen LogP contribution in [-0.2, 0) is 16.1 Å². The van der Waals surface area contributed by atoms with Crippen LogP contribution in [0.5, 0.6) is 5.75 Å². The Hall–Kier alpha value is -2.50. The second kappa shape index (κ2) is 6.78. The van der Waals surface area contributed by atoms with Crippen molar-refractivity contribution in [1.82, 2.24) is 4.90 Å². The molecule has 1 aliphatic heterocycles. The van der Waals surface area contributed by atoms with Gasteiger partial charge in [-0.3, -0.25) is 14.5 Å². The number of imide groups is 1. The molecule has 0 atom stereocenters. The molecule has 0 bridgehead atoms. The smallest absolute Gasteiger partial charge is 0.279 e. The number of benzene rings is 2. The lowest BCUT2D eigenvalue weighted by atomic mass is 10.2. The summed E-state index contributed by atoms with van der Waals surface area (Å²) in [5.41, 5.74) is 1.77. The summed E-state index contributed by atoms with van der Waals surface area (Å²) in [5.74, 6) is -1.06. The number of aromatic hydroxyl groups is 1. The van der Waals surface area contributed by atoms with Gasteiger partial charge in [-0.2, -0.15) is 0 Å². The third kappa shape index (κ3) is 3.34. The van der Waals surface area contributed by atoms with Crippen molar-refractivity contribution in [2.75, 3.05) is 5.32 Å². The van der Waals surface area contributed by atoms with Crippen LogP contribution in [0.15, 0.2) is 53.2 Å². The van der Waals surface area contributed by atoms with Crippen molar-refractivity contribution in [3.8, 4) is 5.75 Å². The van der Waals surface area contributed by atoms with E-state index in [0.29, 0.717) is 21.8 Å². The van der Waals surface area contributed by atoms with Gasteiger partial charge in [-0.05, 0) is 30.2 Å². The zero-order valence-corrected chi connectivity index (χ0v) is 14.7. The van der Waals surface area contributed by atoms with Crippen LogP contribution in [-0.4, -0.2) is 21.8 Å². The van der Waals surface area contributed by atoms with E-state index in [1.165, 1.54) is 6.07 Å². The molecule has 0 spiro atoms. The molecule has 128 valence electrons. The van der Waals surface area contributed by atoms with Crippen molar-refractivity contribution in [2.45, 2.75) is 13.5 Å². The SMILES string of the molecule is Cc1ccc(NC2=C(Cl)C(=O)N(Cc3ccccc3Cl)C2=O)cc1O. The molecule has 5 nitrogen and oxygen atoms in total. The Bertz CT molecular complexity index is 909. The molecule has 2 aromatic rings. The predicted octanol–water partition coefficient (Wildman–Crippen LogP) is 3.79. The molecule has 0 saturated heterocycles. The monoisotopic (exact) mass is 376 g/mol. The molecule has 1 heterocycles.